The first-order valence-corrected chi connectivity index (χ1v) is 10.3. The van der Waals surface area contributed by atoms with Gasteiger partial charge in [0.05, 0.1) is 66.1 Å². The molecule has 1 rings (SSSR count). The number of likely N-dealkylation sites (N-methyl/N-ethyl adjacent to an activating group) is 1. The molecule has 1 amide bonds. The fourth-order valence-corrected chi connectivity index (χ4v) is 2.16. The summed E-state index contributed by atoms with van der Waals surface area (Å²) in [5, 5.41) is 5.64. The Bertz CT molecular complexity index is 505. The van der Waals surface area contributed by atoms with Gasteiger partial charge >= 0.3 is 6.09 Å². The number of hydrogen-bond acceptors (Lipinski definition) is 8. The van der Waals surface area contributed by atoms with Gasteiger partial charge in [-0.15, -0.1) is 0 Å². The Morgan fingerprint density at radius 1 is 0.700 bits per heavy atom. The minimum absolute atomic E-state index is 0.251. The zero-order valence-electron chi connectivity index (χ0n) is 17.9. The SMILES string of the molecule is CNCCOCCOCCOCCOCCOCCNC(=O)OCc1ccccc1. The summed E-state index contributed by atoms with van der Waals surface area (Å²) in [6, 6.07) is 9.52. The lowest BCUT2D eigenvalue weighted by atomic mass is 10.2. The molecular formula is C21H36N2O7. The third-order valence-electron chi connectivity index (χ3n) is 3.71. The zero-order chi connectivity index (χ0) is 21.5. The highest BCUT2D eigenvalue weighted by molar-refractivity contribution is 5.67. The summed E-state index contributed by atoms with van der Waals surface area (Å²) in [6.45, 7) is 6.74. The molecule has 0 aliphatic heterocycles. The average molecular weight is 429 g/mol. The molecule has 0 spiro atoms. The lowest BCUT2D eigenvalue weighted by Gasteiger charge is -2.09. The first kappa shape index (κ1) is 26.3. The van der Waals surface area contributed by atoms with Gasteiger partial charge in [-0.2, -0.15) is 0 Å². The van der Waals surface area contributed by atoms with Gasteiger partial charge in [0.25, 0.3) is 0 Å². The molecule has 9 nitrogen and oxygen atoms in total. The Labute approximate surface area is 179 Å². The van der Waals surface area contributed by atoms with Crippen molar-refractivity contribution in [3.05, 3.63) is 35.9 Å². The van der Waals surface area contributed by atoms with Gasteiger partial charge in [0.15, 0.2) is 0 Å². The quantitative estimate of drug-likeness (QED) is 0.299. The van der Waals surface area contributed by atoms with Crippen LogP contribution >= 0.6 is 0 Å². The summed E-state index contributed by atoms with van der Waals surface area (Å²) in [5.41, 5.74) is 0.947. The highest BCUT2D eigenvalue weighted by Gasteiger charge is 2.01. The van der Waals surface area contributed by atoms with Crippen LogP contribution in [0.25, 0.3) is 0 Å². The fourth-order valence-electron chi connectivity index (χ4n) is 2.16. The second kappa shape index (κ2) is 20.5. The van der Waals surface area contributed by atoms with Crippen molar-refractivity contribution < 1.29 is 33.2 Å². The normalized spacial score (nSPS) is 10.8. The van der Waals surface area contributed by atoms with Gasteiger partial charge in [-0.3, -0.25) is 0 Å². The molecule has 0 heterocycles. The van der Waals surface area contributed by atoms with Crippen LogP contribution in [0.5, 0.6) is 0 Å². The van der Waals surface area contributed by atoms with Crippen LogP contribution in [0.4, 0.5) is 4.79 Å². The van der Waals surface area contributed by atoms with Crippen molar-refractivity contribution in [2.75, 3.05) is 86.2 Å². The number of amides is 1. The molecule has 0 fully saturated rings. The molecule has 0 aliphatic rings. The van der Waals surface area contributed by atoms with E-state index in [9.17, 15) is 4.79 Å². The first-order valence-electron chi connectivity index (χ1n) is 10.3. The molecule has 0 atom stereocenters. The van der Waals surface area contributed by atoms with E-state index in [1.54, 1.807) is 0 Å². The Morgan fingerprint density at radius 3 is 1.67 bits per heavy atom. The number of ether oxygens (including phenoxy) is 6. The molecule has 2 N–H and O–H groups in total. The second-order valence-electron chi connectivity index (χ2n) is 6.15. The summed E-state index contributed by atoms with van der Waals surface area (Å²) < 4.78 is 32.0. The number of nitrogens with one attached hydrogen (secondary N) is 2. The van der Waals surface area contributed by atoms with Crippen molar-refractivity contribution >= 4 is 6.09 Å². The summed E-state index contributed by atoms with van der Waals surface area (Å²) in [4.78, 5) is 11.5. The van der Waals surface area contributed by atoms with Crippen LogP contribution in [0.1, 0.15) is 5.56 Å². The minimum atomic E-state index is -0.457. The highest BCUT2D eigenvalue weighted by Crippen LogP contribution is 2.00. The number of alkyl carbamates (subject to hydrolysis) is 1. The van der Waals surface area contributed by atoms with Gasteiger partial charge in [0.2, 0.25) is 0 Å². The predicted octanol–water partition coefficient (Wildman–Crippen LogP) is 1.22. The highest BCUT2D eigenvalue weighted by atomic mass is 16.6. The van der Waals surface area contributed by atoms with E-state index in [0.29, 0.717) is 72.6 Å². The fraction of sp³-hybridized carbons (Fsp3) is 0.667. The number of hydrogen-bond donors (Lipinski definition) is 2. The lowest BCUT2D eigenvalue weighted by Crippen LogP contribution is -2.28. The Hall–Kier alpha value is -1.75. The summed E-state index contributed by atoms with van der Waals surface area (Å²) in [7, 11) is 1.89. The molecule has 30 heavy (non-hydrogen) atoms. The van der Waals surface area contributed by atoms with Crippen LogP contribution in [-0.4, -0.2) is 92.3 Å². The van der Waals surface area contributed by atoms with E-state index < -0.39 is 6.09 Å². The Kier molecular flexibility index (Phi) is 18.0. The molecule has 0 radical (unpaired) electrons. The third-order valence-corrected chi connectivity index (χ3v) is 3.71. The molecule has 0 aromatic heterocycles. The van der Waals surface area contributed by atoms with Crippen molar-refractivity contribution in [3.8, 4) is 0 Å². The van der Waals surface area contributed by atoms with E-state index in [0.717, 1.165) is 12.1 Å². The maximum absolute atomic E-state index is 11.5. The predicted molar refractivity (Wildman–Crippen MR) is 113 cm³/mol. The van der Waals surface area contributed by atoms with Gasteiger partial charge in [-0.1, -0.05) is 30.3 Å². The van der Waals surface area contributed by atoms with Gasteiger partial charge in [-0.25, -0.2) is 4.79 Å². The maximum atomic E-state index is 11.5. The lowest BCUT2D eigenvalue weighted by molar-refractivity contribution is -0.0105. The maximum Gasteiger partial charge on any atom is 0.407 e. The molecular weight excluding hydrogens is 392 g/mol. The standard InChI is InChI=1S/C21H36N2O7/c1-22-7-9-25-11-13-27-15-17-29-18-16-28-14-12-26-10-8-23-21(24)30-19-20-5-3-2-4-6-20/h2-6,22H,7-19H2,1H3,(H,23,24). The van der Waals surface area contributed by atoms with E-state index in [-0.39, 0.29) is 6.61 Å². The number of benzene rings is 1. The summed E-state index contributed by atoms with van der Waals surface area (Å²) in [5.74, 6) is 0. The molecule has 0 saturated carbocycles. The van der Waals surface area contributed by atoms with Crippen molar-refractivity contribution in [2.24, 2.45) is 0 Å². The van der Waals surface area contributed by atoms with Gasteiger partial charge in [-0.05, 0) is 12.6 Å². The van der Waals surface area contributed by atoms with Crippen molar-refractivity contribution in [2.45, 2.75) is 6.61 Å². The van der Waals surface area contributed by atoms with E-state index >= 15 is 0 Å². The van der Waals surface area contributed by atoms with Crippen LogP contribution in [0.2, 0.25) is 0 Å². The average Bonchev–Trinajstić information content (AvgIpc) is 2.77. The van der Waals surface area contributed by atoms with Crippen molar-refractivity contribution in [1.82, 2.24) is 10.6 Å². The van der Waals surface area contributed by atoms with Gasteiger partial charge in [0.1, 0.15) is 6.61 Å². The molecule has 0 bridgehead atoms. The second-order valence-corrected chi connectivity index (χ2v) is 6.15. The van der Waals surface area contributed by atoms with Crippen LogP contribution in [0.15, 0.2) is 30.3 Å². The molecule has 9 heteroatoms. The number of carbonyl (C=O) groups excluding carboxylic acids is 1. The van der Waals surface area contributed by atoms with Gasteiger partial charge < -0.3 is 39.1 Å². The van der Waals surface area contributed by atoms with Crippen LogP contribution in [0, 0.1) is 0 Å². The topological polar surface area (TPSA) is 96.5 Å². The first-order chi connectivity index (χ1) is 14.8. The monoisotopic (exact) mass is 428 g/mol. The van der Waals surface area contributed by atoms with Crippen LogP contribution < -0.4 is 10.6 Å². The molecule has 172 valence electrons. The van der Waals surface area contributed by atoms with Crippen LogP contribution in [0.3, 0.4) is 0 Å². The smallest absolute Gasteiger partial charge is 0.407 e. The number of rotatable bonds is 20. The molecule has 1 aromatic rings. The molecule has 0 aliphatic carbocycles. The van der Waals surface area contributed by atoms with E-state index in [2.05, 4.69) is 10.6 Å². The Balaban J connectivity index is 1.73. The van der Waals surface area contributed by atoms with Crippen molar-refractivity contribution in [3.63, 3.8) is 0 Å². The summed E-state index contributed by atoms with van der Waals surface area (Å²) >= 11 is 0. The zero-order valence-corrected chi connectivity index (χ0v) is 17.9. The van der Waals surface area contributed by atoms with E-state index in [1.165, 1.54) is 0 Å². The molecule has 0 saturated heterocycles. The third kappa shape index (κ3) is 17.1. The Morgan fingerprint density at radius 2 is 1.17 bits per heavy atom. The van der Waals surface area contributed by atoms with E-state index in [1.807, 2.05) is 37.4 Å². The van der Waals surface area contributed by atoms with Gasteiger partial charge in [0, 0.05) is 13.1 Å². The summed E-state index contributed by atoms with van der Waals surface area (Å²) in [6.07, 6.45) is -0.457. The number of carbonyl (C=O) groups is 1. The minimum Gasteiger partial charge on any atom is -0.445 e. The molecule has 1 aromatic carbocycles. The largest absolute Gasteiger partial charge is 0.445 e. The van der Waals surface area contributed by atoms with E-state index in [4.69, 9.17) is 28.4 Å². The van der Waals surface area contributed by atoms with Crippen molar-refractivity contribution in [1.29, 1.82) is 0 Å². The van der Waals surface area contributed by atoms with Crippen LogP contribution in [-0.2, 0) is 35.0 Å². The molecule has 0 unspecified atom stereocenters.